The molecule has 1 heterocycles. The third-order valence-electron chi connectivity index (χ3n) is 5.44. The van der Waals surface area contributed by atoms with Crippen LogP contribution in [-0.2, 0) is 14.8 Å². The average Bonchev–Trinajstić information content (AvgIpc) is 3.49. The summed E-state index contributed by atoms with van der Waals surface area (Å²) in [7, 11) is -0.599. The van der Waals surface area contributed by atoms with Crippen LogP contribution in [0.5, 0.6) is 0 Å². The molecule has 33 heavy (non-hydrogen) atoms. The van der Waals surface area contributed by atoms with E-state index in [0.717, 1.165) is 29.7 Å². The van der Waals surface area contributed by atoms with Crippen molar-refractivity contribution in [3.05, 3.63) is 53.6 Å². The Kier molecular flexibility index (Phi) is 6.60. The van der Waals surface area contributed by atoms with Crippen LogP contribution in [-0.4, -0.2) is 59.3 Å². The average molecular weight is 486 g/mol. The van der Waals surface area contributed by atoms with E-state index in [0.29, 0.717) is 22.6 Å². The van der Waals surface area contributed by atoms with Crippen molar-refractivity contribution >= 4 is 27.7 Å². The number of aryl methyl sites for hydroxylation is 2. The lowest BCUT2D eigenvalue weighted by Gasteiger charge is -2.16. The third kappa shape index (κ3) is 4.97. The first-order chi connectivity index (χ1) is 15.7. The van der Waals surface area contributed by atoms with Crippen LogP contribution in [0.3, 0.4) is 0 Å². The number of thioether (sulfide) groups is 1. The van der Waals surface area contributed by atoms with Crippen molar-refractivity contribution < 1.29 is 13.2 Å². The van der Waals surface area contributed by atoms with E-state index in [2.05, 4.69) is 15.5 Å². The maximum Gasteiger partial charge on any atom is 0.242 e. The second-order valence-corrected chi connectivity index (χ2v) is 11.4. The van der Waals surface area contributed by atoms with Crippen LogP contribution in [0, 0.1) is 13.8 Å². The number of nitrogens with one attached hydrogen (secondary N) is 1. The molecule has 0 saturated heterocycles. The number of sulfonamides is 1. The van der Waals surface area contributed by atoms with Gasteiger partial charge in [-0.2, -0.15) is 0 Å². The maximum absolute atomic E-state index is 12.7. The Morgan fingerprint density at radius 2 is 1.79 bits per heavy atom. The monoisotopic (exact) mass is 485 g/mol. The van der Waals surface area contributed by atoms with Crippen molar-refractivity contribution in [1.82, 2.24) is 24.4 Å². The van der Waals surface area contributed by atoms with Crippen LogP contribution in [0.4, 0.5) is 0 Å². The molecule has 0 unspecified atom stereocenters. The molecule has 1 aliphatic carbocycles. The molecule has 8 nitrogen and oxygen atoms in total. The summed E-state index contributed by atoms with van der Waals surface area (Å²) in [4.78, 5) is 12.5. The fraction of sp³-hybridized carbons (Fsp3) is 0.348. The number of aromatic nitrogens is 3. The summed E-state index contributed by atoms with van der Waals surface area (Å²) in [5.41, 5.74) is 3.60. The molecule has 0 atom stereocenters. The Bertz CT molecular complexity index is 1280. The van der Waals surface area contributed by atoms with Crippen molar-refractivity contribution in [3.8, 4) is 17.1 Å². The first-order valence-electron chi connectivity index (χ1n) is 10.7. The second kappa shape index (κ2) is 9.28. The summed E-state index contributed by atoms with van der Waals surface area (Å²) in [5, 5.41) is 12.4. The van der Waals surface area contributed by atoms with Crippen molar-refractivity contribution in [2.45, 2.75) is 42.8 Å². The highest BCUT2D eigenvalue weighted by molar-refractivity contribution is 7.99. The van der Waals surface area contributed by atoms with Gasteiger partial charge in [-0.1, -0.05) is 42.1 Å². The topological polar surface area (TPSA) is 97.2 Å². The second-order valence-electron chi connectivity index (χ2n) is 8.33. The van der Waals surface area contributed by atoms with E-state index in [1.165, 1.54) is 30.2 Å². The van der Waals surface area contributed by atoms with Crippen LogP contribution < -0.4 is 5.32 Å². The predicted molar refractivity (Wildman–Crippen MR) is 129 cm³/mol. The van der Waals surface area contributed by atoms with Crippen molar-refractivity contribution in [2.24, 2.45) is 0 Å². The lowest BCUT2D eigenvalue weighted by atomic mass is 10.1. The van der Waals surface area contributed by atoms with Crippen molar-refractivity contribution in [3.63, 3.8) is 0 Å². The number of hydrogen-bond donors (Lipinski definition) is 1. The van der Waals surface area contributed by atoms with Gasteiger partial charge in [0.2, 0.25) is 15.9 Å². The maximum atomic E-state index is 12.7. The van der Waals surface area contributed by atoms with Gasteiger partial charge in [0.1, 0.15) is 0 Å². The third-order valence-corrected chi connectivity index (χ3v) is 8.18. The summed E-state index contributed by atoms with van der Waals surface area (Å²) in [5.74, 6) is 0.724. The minimum absolute atomic E-state index is 0.0285. The normalized spacial score (nSPS) is 14.0. The predicted octanol–water partition coefficient (Wildman–Crippen LogP) is 3.17. The number of amides is 1. The molecule has 0 radical (unpaired) electrons. The van der Waals surface area contributed by atoms with E-state index in [4.69, 9.17) is 0 Å². The van der Waals surface area contributed by atoms with Gasteiger partial charge in [0.15, 0.2) is 11.0 Å². The lowest BCUT2D eigenvalue weighted by molar-refractivity contribution is -0.118. The van der Waals surface area contributed by atoms with Gasteiger partial charge in [-0.05, 0) is 49.9 Å². The molecule has 174 valence electrons. The molecular weight excluding hydrogens is 458 g/mol. The van der Waals surface area contributed by atoms with E-state index in [9.17, 15) is 13.2 Å². The molecule has 1 fully saturated rings. The lowest BCUT2D eigenvalue weighted by Crippen LogP contribution is -2.27. The number of rotatable bonds is 8. The Morgan fingerprint density at radius 1 is 1.12 bits per heavy atom. The van der Waals surface area contributed by atoms with Gasteiger partial charge in [0.05, 0.1) is 16.3 Å². The summed E-state index contributed by atoms with van der Waals surface area (Å²) in [6, 6.07) is 13.0. The van der Waals surface area contributed by atoms with E-state index in [-0.39, 0.29) is 16.6 Å². The van der Waals surface area contributed by atoms with Gasteiger partial charge in [0.25, 0.3) is 0 Å². The van der Waals surface area contributed by atoms with E-state index >= 15 is 0 Å². The number of benzene rings is 2. The molecule has 3 aromatic rings. The quantitative estimate of drug-likeness (QED) is 0.492. The SMILES string of the molecule is Cc1cccc(C)c1-n1c(SCC(=O)NC2CC2)nnc1-c1cccc(S(=O)(=O)N(C)C)c1. The molecule has 1 saturated carbocycles. The summed E-state index contributed by atoms with van der Waals surface area (Å²) < 4.78 is 28.5. The standard InChI is InChI=1S/C23H27N5O3S2/c1-15-7-5-8-16(2)21(15)28-22(17-9-6-10-19(13-17)33(30,31)27(3)4)25-26-23(28)32-14-20(29)24-18-11-12-18/h5-10,13,18H,11-12,14H2,1-4H3,(H,24,29). The molecule has 2 aromatic carbocycles. The van der Waals surface area contributed by atoms with Crippen LogP contribution in [0.2, 0.25) is 0 Å². The zero-order valence-electron chi connectivity index (χ0n) is 19.1. The highest BCUT2D eigenvalue weighted by atomic mass is 32.2. The summed E-state index contributed by atoms with van der Waals surface area (Å²) >= 11 is 1.32. The fourth-order valence-electron chi connectivity index (χ4n) is 3.54. The van der Waals surface area contributed by atoms with Gasteiger partial charge in [-0.3, -0.25) is 9.36 Å². The number of para-hydroxylation sites is 1. The smallest absolute Gasteiger partial charge is 0.242 e. The van der Waals surface area contributed by atoms with Gasteiger partial charge in [-0.25, -0.2) is 12.7 Å². The molecule has 0 bridgehead atoms. The Labute approximate surface area is 198 Å². The number of nitrogens with zero attached hydrogens (tertiary/aromatic N) is 4. The minimum Gasteiger partial charge on any atom is -0.353 e. The summed E-state index contributed by atoms with van der Waals surface area (Å²) in [6.07, 6.45) is 2.07. The summed E-state index contributed by atoms with van der Waals surface area (Å²) in [6.45, 7) is 4.01. The van der Waals surface area contributed by atoms with Gasteiger partial charge < -0.3 is 5.32 Å². The van der Waals surface area contributed by atoms with Crippen molar-refractivity contribution in [2.75, 3.05) is 19.8 Å². The van der Waals surface area contributed by atoms with Crippen LogP contribution >= 0.6 is 11.8 Å². The number of hydrogen-bond acceptors (Lipinski definition) is 6. The zero-order valence-corrected chi connectivity index (χ0v) is 20.7. The Hall–Kier alpha value is -2.69. The van der Waals surface area contributed by atoms with E-state index in [1.807, 2.05) is 42.7 Å². The van der Waals surface area contributed by atoms with Gasteiger partial charge >= 0.3 is 0 Å². The van der Waals surface area contributed by atoms with E-state index in [1.54, 1.807) is 18.2 Å². The molecule has 1 amide bonds. The van der Waals surface area contributed by atoms with Gasteiger partial charge in [0, 0.05) is 25.7 Å². The number of carbonyl (C=O) groups is 1. The van der Waals surface area contributed by atoms with Gasteiger partial charge in [-0.15, -0.1) is 10.2 Å². The zero-order chi connectivity index (χ0) is 23.8. The Balaban J connectivity index is 1.79. The largest absolute Gasteiger partial charge is 0.353 e. The van der Waals surface area contributed by atoms with Crippen LogP contribution in [0.15, 0.2) is 52.5 Å². The molecule has 1 aromatic heterocycles. The molecule has 1 N–H and O–H groups in total. The van der Waals surface area contributed by atoms with E-state index < -0.39 is 10.0 Å². The van der Waals surface area contributed by atoms with Crippen LogP contribution in [0.25, 0.3) is 17.1 Å². The molecule has 4 rings (SSSR count). The molecule has 10 heteroatoms. The first-order valence-corrected chi connectivity index (χ1v) is 13.1. The molecular formula is C23H27N5O3S2. The van der Waals surface area contributed by atoms with Crippen LogP contribution in [0.1, 0.15) is 24.0 Å². The fourth-order valence-corrected chi connectivity index (χ4v) is 5.24. The molecule has 1 aliphatic rings. The molecule has 0 spiro atoms. The number of carbonyl (C=O) groups excluding carboxylic acids is 1. The first kappa shape index (κ1) is 23.5. The Morgan fingerprint density at radius 3 is 2.42 bits per heavy atom. The van der Waals surface area contributed by atoms with Crippen molar-refractivity contribution in [1.29, 1.82) is 0 Å². The molecule has 0 aliphatic heterocycles. The highest BCUT2D eigenvalue weighted by Gasteiger charge is 2.25. The highest BCUT2D eigenvalue weighted by Crippen LogP contribution is 2.32. The minimum atomic E-state index is -3.60.